The maximum Gasteiger partial charge on any atom is 0.222 e. The van der Waals surface area contributed by atoms with Crippen molar-refractivity contribution < 1.29 is 14.3 Å². The lowest BCUT2D eigenvalue weighted by molar-refractivity contribution is 0.112. The molecule has 2 rings (SSSR count). The molecule has 0 bridgehead atoms. The zero-order valence-corrected chi connectivity index (χ0v) is 10.2. The van der Waals surface area contributed by atoms with Crippen LogP contribution in [0.25, 0.3) is 0 Å². The van der Waals surface area contributed by atoms with E-state index in [2.05, 4.69) is 4.98 Å². The molecule has 1 aromatic heterocycles. The topological polar surface area (TPSA) is 48.4 Å². The number of hydrogen-bond acceptors (Lipinski definition) is 4. The Morgan fingerprint density at radius 3 is 2.56 bits per heavy atom. The van der Waals surface area contributed by atoms with Crippen LogP contribution in [0.2, 0.25) is 0 Å². The molecule has 0 N–H and O–H groups in total. The smallest absolute Gasteiger partial charge is 0.222 e. The lowest BCUT2D eigenvalue weighted by Crippen LogP contribution is -1.95. The van der Waals surface area contributed by atoms with Crippen LogP contribution in [0, 0.1) is 6.92 Å². The normalized spacial score (nSPS) is 9.89. The summed E-state index contributed by atoms with van der Waals surface area (Å²) in [7, 11) is 1.58. The van der Waals surface area contributed by atoms with Crippen molar-refractivity contribution in [1.29, 1.82) is 0 Å². The number of rotatable bonds is 4. The Bertz CT molecular complexity index is 567. The summed E-state index contributed by atoms with van der Waals surface area (Å²) in [4.78, 5) is 14.7. The molecule has 0 spiro atoms. The number of nitrogens with zero attached hydrogens (tertiary/aromatic N) is 1. The van der Waals surface area contributed by atoms with E-state index in [-0.39, 0.29) is 0 Å². The van der Waals surface area contributed by atoms with Crippen LogP contribution < -0.4 is 9.47 Å². The van der Waals surface area contributed by atoms with Crippen molar-refractivity contribution in [2.24, 2.45) is 0 Å². The Balaban J connectivity index is 2.31. The molecule has 0 saturated carbocycles. The molecule has 0 radical (unpaired) electrons. The van der Waals surface area contributed by atoms with Gasteiger partial charge in [0.15, 0.2) is 17.8 Å². The maximum atomic E-state index is 10.6. The fraction of sp³-hybridized carbons (Fsp3) is 0.143. The van der Waals surface area contributed by atoms with Crippen LogP contribution in [-0.4, -0.2) is 18.4 Å². The fourth-order valence-corrected chi connectivity index (χ4v) is 1.56. The molecule has 0 amide bonds. The molecule has 0 saturated heterocycles. The van der Waals surface area contributed by atoms with Gasteiger partial charge < -0.3 is 9.47 Å². The molecule has 0 aliphatic heterocycles. The second kappa shape index (κ2) is 5.31. The van der Waals surface area contributed by atoms with Gasteiger partial charge in [0.2, 0.25) is 5.88 Å². The van der Waals surface area contributed by atoms with Crippen LogP contribution in [-0.2, 0) is 0 Å². The average molecular weight is 243 g/mol. The highest BCUT2D eigenvalue weighted by Crippen LogP contribution is 2.31. The molecular weight excluding hydrogens is 230 g/mol. The predicted molar refractivity (Wildman–Crippen MR) is 67.4 cm³/mol. The van der Waals surface area contributed by atoms with E-state index in [0.717, 1.165) is 11.8 Å². The maximum absolute atomic E-state index is 10.6. The molecule has 0 atom stereocenters. The first kappa shape index (κ1) is 12.1. The Kier molecular flexibility index (Phi) is 3.57. The van der Waals surface area contributed by atoms with E-state index in [1.54, 1.807) is 19.2 Å². The third-order valence-electron chi connectivity index (χ3n) is 2.46. The number of aromatic nitrogens is 1. The van der Waals surface area contributed by atoms with E-state index in [9.17, 15) is 4.79 Å². The van der Waals surface area contributed by atoms with Crippen LogP contribution >= 0.6 is 0 Å². The molecule has 4 heteroatoms. The molecule has 0 aliphatic carbocycles. The van der Waals surface area contributed by atoms with Gasteiger partial charge in [-0.25, -0.2) is 4.98 Å². The van der Waals surface area contributed by atoms with Crippen molar-refractivity contribution in [3.05, 3.63) is 47.7 Å². The molecule has 0 aliphatic rings. The summed E-state index contributed by atoms with van der Waals surface area (Å²) in [5.41, 5.74) is 1.32. The van der Waals surface area contributed by atoms with E-state index in [1.165, 1.54) is 6.20 Å². The number of hydrogen-bond donors (Lipinski definition) is 0. The molecule has 4 nitrogen and oxygen atoms in total. The minimum absolute atomic E-state index is 0.463. The van der Waals surface area contributed by atoms with Crippen LogP contribution in [0.4, 0.5) is 0 Å². The number of para-hydroxylation sites is 2. The van der Waals surface area contributed by atoms with Gasteiger partial charge in [0.25, 0.3) is 0 Å². The number of methoxy groups -OCH3 is 1. The molecule has 1 aromatic carbocycles. The third kappa shape index (κ3) is 2.48. The molecule has 1 heterocycles. The Morgan fingerprint density at radius 1 is 1.22 bits per heavy atom. The first-order valence-electron chi connectivity index (χ1n) is 5.47. The first-order chi connectivity index (χ1) is 8.74. The van der Waals surface area contributed by atoms with Gasteiger partial charge in [0, 0.05) is 17.3 Å². The van der Waals surface area contributed by atoms with Crippen molar-refractivity contribution in [2.75, 3.05) is 7.11 Å². The van der Waals surface area contributed by atoms with Crippen LogP contribution in [0.3, 0.4) is 0 Å². The Labute approximate surface area is 105 Å². The van der Waals surface area contributed by atoms with Crippen LogP contribution in [0.15, 0.2) is 36.5 Å². The van der Waals surface area contributed by atoms with Gasteiger partial charge in [0.1, 0.15) is 0 Å². The minimum Gasteiger partial charge on any atom is -0.493 e. The second-order valence-electron chi connectivity index (χ2n) is 3.76. The summed E-state index contributed by atoms with van der Waals surface area (Å²) in [6.45, 7) is 1.84. The molecule has 92 valence electrons. The molecular formula is C14H13NO3. The molecule has 0 fully saturated rings. The first-order valence-corrected chi connectivity index (χ1v) is 5.47. The minimum atomic E-state index is 0.463. The van der Waals surface area contributed by atoms with Crippen LogP contribution in [0.5, 0.6) is 17.4 Å². The lowest BCUT2D eigenvalue weighted by atomic mass is 10.2. The quantitative estimate of drug-likeness (QED) is 0.774. The van der Waals surface area contributed by atoms with E-state index in [0.29, 0.717) is 22.9 Å². The summed E-state index contributed by atoms with van der Waals surface area (Å²) < 4.78 is 10.9. The standard InChI is InChI=1S/C14H13NO3/c1-10-7-11(9-16)8-15-14(10)18-13-6-4-3-5-12(13)17-2/h3-9H,1-2H3. The monoisotopic (exact) mass is 243 g/mol. The lowest BCUT2D eigenvalue weighted by Gasteiger charge is -2.10. The molecule has 2 aromatic rings. The molecule has 18 heavy (non-hydrogen) atoms. The number of pyridine rings is 1. The zero-order chi connectivity index (χ0) is 13.0. The number of aldehydes is 1. The van der Waals surface area contributed by atoms with Gasteiger partial charge in [-0.2, -0.15) is 0 Å². The largest absolute Gasteiger partial charge is 0.493 e. The van der Waals surface area contributed by atoms with Gasteiger partial charge in [-0.05, 0) is 25.1 Å². The summed E-state index contributed by atoms with van der Waals surface area (Å²) in [6, 6.07) is 9.05. The number of aryl methyl sites for hydroxylation is 1. The van der Waals surface area contributed by atoms with Gasteiger partial charge in [-0.15, -0.1) is 0 Å². The van der Waals surface area contributed by atoms with Crippen molar-refractivity contribution >= 4 is 6.29 Å². The zero-order valence-electron chi connectivity index (χ0n) is 10.2. The van der Waals surface area contributed by atoms with E-state index >= 15 is 0 Å². The number of carbonyl (C=O) groups excluding carboxylic acids is 1. The van der Waals surface area contributed by atoms with E-state index in [1.807, 2.05) is 25.1 Å². The second-order valence-corrected chi connectivity index (χ2v) is 3.76. The highest BCUT2D eigenvalue weighted by atomic mass is 16.5. The van der Waals surface area contributed by atoms with E-state index in [4.69, 9.17) is 9.47 Å². The predicted octanol–water partition coefficient (Wildman–Crippen LogP) is 3.00. The Morgan fingerprint density at radius 2 is 1.94 bits per heavy atom. The SMILES string of the molecule is COc1ccccc1Oc1ncc(C=O)cc1C. The summed E-state index contributed by atoms with van der Waals surface area (Å²) >= 11 is 0. The Hall–Kier alpha value is -2.36. The van der Waals surface area contributed by atoms with Gasteiger partial charge in [-0.3, -0.25) is 4.79 Å². The van der Waals surface area contributed by atoms with E-state index < -0.39 is 0 Å². The third-order valence-corrected chi connectivity index (χ3v) is 2.46. The molecule has 0 unspecified atom stereocenters. The average Bonchev–Trinajstić information content (AvgIpc) is 2.41. The van der Waals surface area contributed by atoms with Gasteiger partial charge in [0.05, 0.1) is 7.11 Å². The van der Waals surface area contributed by atoms with Gasteiger partial charge in [-0.1, -0.05) is 12.1 Å². The number of benzene rings is 1. The van der Waals surface area contributed by atoms with Gasteiger partial charge >= 0.3 is 0 Å². The van der Waals surface area contributed by atoms with Crippen LogP contribution in [0.1, 0.15) is 15.9 Å². The highest BCUT2D eigenvalue weighted by Gasteiger charge is 2.08. The summed E-state index contributed by atoms with van der Waals surface area (Å²) in [5.74, 6) is 1.69. The van der Waals surface area contributed by atoms with Crippen molar-refractivity contribution in [2.45, 2.75) is 6.92 Å². The number of ether oxygens (including phenoxy) is 2. The highest BCUT2D eigenvalue weighted by molar-refractivity contribution is 5.74. The summed E-state index contributed by atoms with van der Waals surface area (Å²) in [5, 5.41) is 0. The summed E-state index contributed by atoms with van der Waals surface area (Å²) in [6.07, 6.45) is 2.23. The fourth-order valence-electron chi connectivity index (χ4n) is 1.56. The number of carbonyl (C=O) groups is 1. The van der Waals surface area contributed by atoms with Crippen molar-refractivity contribution in [3.8, 4) is 17.4 Å². The van der Waals surface area contributed by atoms with Crippen molar-refractivity contribution in [1.82, 2.24) is 4.98 Å². The van der Waals surface area contributed by atoms with Crippen molar-refractivity contribution in [3.63, 3.8) is 0 Å².